The Labute approximate surface area is 336 Å². The van der Waals surface area contributed by atoms with Crippen molar-refractivity contribution in [1.82, 2.24) is 14.9 Å². The average Bonchev–Trinajstić information content (AvgIpc) is 3.19. The zero-order valence-corrected chi connectivity index (χ0v) is 35.1. The van der Waals surface area contributed by atoms with Gasteiger partial charge in [0.2, 0.25) is 0 Å². The lowest BCUT2D eigenvalue weighted by atomic mass is 10.0. The van der Waals surface area contributed by atoms with E-state index in [-0.39, 0.29) is 5.75 Å². The maximum Gasteiger partial charge on any atom is 0.120 e. The molecule has 296 valence electrons. The van der Waals surface area contributed by atoms with Crippen molar-refractivity contribution in [3.05, 3.63) is 108 Å². The Kier molecular flexibility index (Phi) is 15.5. The van der Waals surface area contributed by atoms with Gasteiger partial charge in [-0.05, 0) is 77.9 Å². The van der Waals surface area contributed by atoms with Crippen LogP contribution < -0.4 is 14.5 Å². The molecule has 0 saturated carbocycles. The van der Waals surface area contributed by atoms with Gasteiger partial charge in [0.25, 0.3) is 0 Å². The topological polar surface area (TPSA) is 65.0 Å². The Hall–Kier alpha value is -5.14. The van der Waals surface area contributed by atoms with Crippen LogP contribution in [0.15, 0.2) is 97.1 Å². The number of phenolic OH excluding ortho intramolecular Hbond substituents is 1. The highest BCUT2D eigenvalue weighted by Gasteiger charge is 2.19. The molecule has 0 amide bonds. The van der Waals surface area contributed by atoms with Crippen LogP contribution in [0.4, 0.5) is 11.4 Å². The summed E-state index contributed by atoms with van der Waals surface area (Å²) in [5.74, 6) is 1.16. The fourth-order valence-corrected chi connectivity index (χ4v) is 7.54. The summed E-state index contributed by atoms with van der Waals surface area (Å²) in [6.45, 7) is 18.9. The molecule has 7 nitrogen and oxygen atoms in total. The fourth-order valence-electron chi connectivity index (χ4n) is 7.54. The van der Waals surface area contributed by atoms with Gasteiger partial charge in [-0.1, -0.05) is 107 Å². The first kappa shape index (κ1) is 42.0. The Balaban J connectivity index is 0.000000219. The first-order valence-electron chi connectivity index (χ1n) is 20.7. The van der Waals surface area contributed by atoms with Crippen molar-refractivity contribution in [2.75, 3.05) is 63.2 Å². The van der Waals surface area contributed by atoms with Crippen LogP contribution in [-0.2, 0) is 0 Å². The molecule has 0 spiro atoms. The minimum absolute atomic E-state index is 0.267. The molecule has 56 heavy (non-hydrogen) atoms. The molecule has 0 atom stereocenters. The maximum atomic E-state index is 9.86. The second kappa shape index (κ2) is 20.7. The molecule has 0 bridgehead atoms. The summed E-state index contributed by atoms with van der Waals surface area (Å²) in [5, 5.41) is 14.7. The van der Waals surface area contributed by atoms with Gasteiger partial charge in [-0.25, -0.2) is 0 Å². The number of benzene rings is 4. The van der Waals surface area contributed by atoms with E-state index < -0.39 is 0 Å². The molecule has 6 aromatic rings. The van der Waals surface area contributed by atoms with Gasteiger partial charge < -0.3 is 24.5 Å². The molecule has 0 aliphatic heterocycles. The van der Waals surface area contributed by atoms with Gasteiger partial charge in [-0.15, -0.1) is 0 Å². The molecule has 0 aliphatic carbocycles. The molecule has 6 rings (SSSR count). The van der Waals surface area contributed by atoms with Crippen LogP contribution in [0.3, 0.4) is 0 Å². The van der Waals surface area contributed by atoms with Gasteiger partial charge in [0.05, 0.1) is 34.2 Å². The number of phenols is 1. The Morgan fingerprint density at radius 2 is 1.02 bits per heavy atom. The third-order valence-corrected chi connectivity index (χ3v) is 10.0. The van der Waals surface area contributed by atoms with Gasteiger partial charge in [0.15, 0.2) is 0 Å². The Morgan fingerprint density at radius 1 is 0.536 bits per heavy atom. The number of unbranched alkanes of at least 4 members (excludes halogenated alkanes) is 1. The minimum Gasteiger partial charge on any atom is -0.508 e. The summed E-state index contributed by atoms with van der Waals surface area (Å²) in [7, 11) is 4.12. The van der Waals surface area contributed by atoms with Crippen LogP contribution in [0.2, 0.25) is 0 Å². The second-order valence-corrected chi connectivity index (χ2v) is 14.9. The van der Waals surface area contributed by atoms with E-state index >= 15 is 0 Å². The highest BCUT2D eigenvalue weighted by atomic mass is 16.5. The predicted octanol–water partition coefficient (Wildman–Crippen LogP) is 11.7. The lowest BCUT2D eigenvalue weighted by molar-refractivity contribution is 0.261. The Bertz CT molecular complexity index is 2160. The van der Waals surface area contributed by atoms with E-state index in [4.69, 9.17) is 14.7 Å². The fraction of sp³-hybridized carbons (Fsp3) is 0.388. The molecule has 1 N–H and O–H groups in total. The maximum absolute atomic E-state index is 9.86. The van der Waals surface area contributed by atoms with E-state index in [1.54, 1.807) is 12.1 Å². The van der Waals surface area contributed by atoms with E-state index in [1.165, 1.54) is 40.4 Å². The first-order valence-corrected chi connectivity index (χ1v) is 20.7. The van der Waals surface area contributed by atoms with Gasteiger partial charge >= 0.3 is 0 Å². The van der Waals surface area contributed by atoms with Gasteiger partial charge in [-0.3, -0.25) is 9.97 Å². The van der Waals surface area contributed by atoms with E-state index in [0.29, 0.717) is 6.61 Å². The van der Waals surface area contributed by atoms with Crippen LogP contribution in [0.1, 0.15) is 71.2 Å². The summed E-state index contributed by atoms with van der Waals surface area (Å²) in [5.41, 5.74) is 8.67. The molecule has 0 unspecified atom stereocenters. The summed E-state index contributed by atoms with van der Waals surface area (Å²) < 4.78 is 5.98. The molecular weight excluding hydrogens is 691 g/mol. The molecular formula is C49H63N5O2. The van der Waals surface area contributed by atoms with E-state index in [9.17, 15) is 5.11 Å². The van der Waals surface area contributed by atoms with E-state index in [0.717, 1.165) is 97.0 Å². The number of anilines is 2. The summed E-state index contributed by atoms with van der Waals surface area (Å²) in [6, 6.07) is 32.8. The molecule has 2 aromatic heterocycles. The number of pyridine rings is 2. The molecule has 7 heteroatoms. The number of likely N-dealkylation sites (N-methyl/N-ethyl adjacent to an activating group) is 1. The zero-order chi connectivity index (χ0) is 40.0. The van der Waals surface area contributed by atoms with Gasteiger partial charge in [0.1, 0.15) is 18.1 Å². The third-order valence-electron chi connectivity index (χ3n) is 10.0. The predicted molar refractivity (Wildman–Crippen MR) is 240 cm³/mol. The number of hydrogen-bond acceptors (Lipinski definition) is 7. The molecule has 0 aliphatic rings. The van der Waals surface area contributed by atoms with Gasteiger partial charge in [0, 0.05) is 65.4 Å². The monoisotopic (exact) mass is 753 g/mol. The smallest absolute Gasteiger partial charge is 0.120 e. The minimum atomic E-state index is 0.267. The quantitative estimate of drug-likeness (QED) is 0.0995. The first-order chi connectivity index (χ1) is 27.2. The second-order valence-electron chi connectivity index (χ2n) is 14.9. The Morgan fingerprint density at radius 3 is 1.50 bits per heavy atom. The van der Waals surface area contributed by atoms with Crippen molar-refractivity contribution in [3.8, 4) is 34.0 Å². The van der Waals surface area contributed by atoms with E-state index in [2.05, 4.69) is 137 Å². The van der Waals surface area contributed by atoms with Crippen LogP contribution in [0.5, 0.6) is 11.5 Å². The standard InChI is InChI=1S/C27H37N3O.C22H26N2O/c1-6-8-17-30(16-7-2)27-21(3)28-26(24-14-9-10-15-25(24)27)22-12-11-13-23(20-22)31-19-18-29(4)5;1-4-13-24(14-5-2)22-16(3)23-21(17-9-8-10-18(25)15-17)19-11-6-7-12-20(19)22/h9-15,20H,6-8,16-19H2,1-5H3;6-12,15,25H,4-5,13-14H2,1-3H3. The highest BCUT2D eigenvalue weighted by Crippen LogP contribution is 2.38. The normalized spacial score (nSPS) is 11.2. The van der Waals surface area contributed by atoms with Crippen molar-refractivity contribution in [1.29, 1.82) is 0 Å². The third kappa shape index (κ3) is 10.4. The largest absolute Gasteiger partial charge is 0.508 e. The van der Waals surface area contributed by atoms with Crippen molar-refractivity contribution < 1.29 is 9.84 Å². The number of aryl methyl sites for hydroxylation is 2. The summed E-state index contributed by atoms with van der Waals surface area (Å²) in [6.07, 6.45) is 5.75. The van der Waals surface area contributed by atoms with Crippen LogP contribution in [-0.4, -0.2) is 73.4 Å². The lowest BCUT2D eigenvalue weighted by Crippen LogP contribution is -2.26. The van der Waals surface area contributed by atoms with E-state index in [1.807, 2.05) is 18.2 Å². The highest BCUT2D eigenvalue weighted by molar-refractivity contribution is 6.04. The van der Waals surface area contributed by atoms with Crippen molar-refractivity contribution in [2.45, 2.75) is 73.6 Å². The van der Waals surface area contributed by atoms with Crippen LogP contribution in [0, 0.1) is 13.8 Å². The van der Waals surface area contributed by atoms with Crippen molar-refractivity contribution in [2.24, 2.45) is 0 Å². The number of hydrogen-bond donors (Lipinski definition) is 1. The van der Waals surface area contributed by atoms with Crippen molar-refractivity contribution >= 4 is 32.9 Å². The molecule has 0 fully saturated rings. The number of fused-ring (bicyclic) bond motifs is 2. The molecule has 0 radical (unpaired) electrons. The summed E-state index contributed by atoms with van der Waals surface area (Å²) >= 11 is 0. The average molecular weight is 754 g/mol. The molecule has 0 saturated heterocycles. The SMILES string of the molecule is CCCCN(CCC)c1c(C)nc(-c2cccc(OCCN(C)C)c2)c2ccccc12.CCCN(CCC)c1c(C)nc(-c2cccc(O)c2)c2ccccc12. The van der Waals surface area contributed by atoms with Gasteiger partial charge in [-0.2, -0.15) is 0 Å². The number of ether oxygens (including phenoxy) is 1. The molecule has 2 heterocycles. The molecule has 4 aromatic carbocycles. The summed E-state index contributed by atoms with van der Waals surface area (Å²) in [4.78, 5) is 17.2. The lowest BCUT2D eigenvalue weighted by Gasteiger charge is -2.28. The number of nitrogens with zero attached hydrogens (tertiary/aromatic N) is 5. The number of aromatic nitrogens is 2. The zero-order valence-electron chi connectivity index (χ0n) is 35.1. The van der Waals surface area contributed by atoms with Crippen LogP contribution >= 0.6 is 0 Å². The van der Waals surface area contributed by atoms with Crippen LogP contribution in [0.25, 0.3) is 44.1 Å². The number of aromatic hydroxyl groups is 1. The van der Waals surface area contributed by atoms with Crippen molar-refractivity contribution in [3.63, 3.8) is 0 Å². The number of rotatable bonds is 17.